The molecule has 0 amide bonds. The molecule has 1 heterocycles. The molecule has 0 saturated carbocycles. The summed E-state index contributed by atoms with van der Waals surface area (Å²) in [4.78, 5) is 14.7. The van der Waals surface area contributed by atoms with Crippen LogP contribution in [0.25, 0.3) is 5.76 Å². The number of aliphatic hydroxyl groups excluding tert-OH is 1. The summed E-state index contributed by atoms with van der Waals surface area (Å²) in [5.74, 6) is 8.72. The van der Waals surface area contributed by atoms with Crippen LogP contribution in [0, 0.1) is 5.92 Å². The number of benzene rings is 2. The number of ketones is 1. The van der Waals surface area contributed by atoms with E-state index in [1.165, 1.54) is 0 Å². The highest BCUT2D eigenvalue weighted by atomic mass is 32.2. The Labute approximate surface area is 207 Å². The second-order valence-corrected chi connectivity index (χ2v) is 13.9. The Kier molecular flexibility index (Phi) is 6.13. The van der Waals surface area contributed by atoms with E-state index < -0.39 is 24.8 Å². The highest BCUT2D eigenvalue weighted by Gasteiger charge is 2.45. The van der Waals surface area contributed by atoms with Gasteiger partial charge in [-0.25, -0.2) is 12.8 Å². The SMILES string of the molecule is C=S1(=C)N=C(C2=C(O)c3ccccc3[C@@](C)(CCC(C)C)C2=O)Nc2ccc(NS(C)(=O)=O)cc21. The largest absolute Gasteiger partial charge is 0.506 e. The Morgan fingerprint density at radius 3 is 2.54 bits per heavy atom. The van der Waals surface area contributed by atoms with Gasteiger partial charge in [0, 0.05) is 16.1 Å². The van der Waals surface area contributed by atoms with Gasteiger partial charge in [0.2, 0.25) is 10.0 Å². The first-order valence-electron chi connectivity index (χ1n) is 11.3. The molecule has 2 aromatic rings. The molecule has 3 N–H and O–H groups in total. The zero-order valence-electron chi connectivity index (χ0n) is 20.4. The molecule has 0 aromatic heterocycles. The van der Waals surface area contributed by atoms with Crippen molar-refractivity contribution in [1.82, 2.24) is 0 Å². The number of carbonyl (C=O) groups excluding carboxylic acids is 1. The summed E-state index contributed by atoms with van der Waals surface area (Å²) in [5, 5.41) is 14.5. The van der Waals surface area contributed by atoms with Gasteiger partial charge < -0.3 is 10.4 Å². The Morgan fingerprint density at radius 2 is 1.89 bits per heavy atom. The van der Waals surface area contributed by atoms with Gasteiger partial charge in [0.05, 0.1) is 17.4 Å². The molecule has 7 nitrogen and oxygen atoms in total. The van der Waals surface area contributed by atoms with Crippen LogP contribution in [0.5, 0.6) is 0 Å². The van der Waals surface area contributed by atoms with E-state index in [9.17, 15) is 18.3 Å². The van der Waals surface area contributed by atoms with Crippen molar-refractivity contribution in [1.29, 1.82) is 0 Å². The summed E-state index contributed by atoms with van der Waals surface area (Å²) in [6.07, 6.45) is 2.56. The minimum absolute atomic E-state index is 0.118. The lowest BCUT2D eigenvalue weighted by Gasteiger charge is -2.37. The fourth-order valence-electron chi connectivity index (χ4n) is 4.56. The van der Waals surface area contributed by atoms with Crippen LogP contribution in [-0.2, 0) is 20.2 Å². The number of nitrogens with zero attached hydrogens (tertiary/aromatic N) is 1. The molecule has 0 radical (unpaired) electrons. The molecule has 1 aliphatic carbocycles. The molecule has 0 saturated heterocycles. The Hall–Kier alpha value is -3.04. The van der Waals surface area contributed by atoms with Gasteiger partial charge in [-0.2, -0.15) is 0 Å². The van der Waals surface area contributed by atoms with Gasteiger partial charge in [0.1, 0.15) is 11.3 Å². The van der Waals surface area contributed by atoms with E-state index in [4.69, 9.17) is 4.40 Å². The smallest absolute Gasteiger partial charge is 0.229 e. The van der Waals surface area contributed by atoms with Gasteiger partial charge >= 0.3 is 0 Å². The van der Waals surface area contributed by atoms with Crippen LogP contribution in [-0.4, -0.2) is 43.1 Å². The van der Waals surface area contributed by atoms with E-state index in [1.54, 1.807) is 18.2 Å². The van der Waals surface area contributed by atoms with Gasteiger partial charge in [0.25, 0.3) is 0 Å². The quantitative estimate of drug-likeness (QED) is 0.468. The number of Topliss-reactive ketones (excluding diaryl/α,β-unsaturated/α-hetero) is 1. The highest BCUT2D eigenvalue weighted by Crippen LogP contribution is 2.48. The van der Waals surface area contributed by atoms with E-state index in [2.05, 4.69) is 35.6 Å². The number of fused-ring (bicyclic) bond motifs is 2. The van der Waals surface area contributed by atoms with Crippen molar-refractivity contribution < 1.29 is 18.3 Å². The molecular weight excluding hydrogens is 482 g/mol. The first-order valence-corrected chi connectivity index (χ1v) is 15.1. The third kappa shape index (κ3) is 4.62. The van der Waals surface area contributed by atoms with Crippen molar-refractivity contribution >= 4 is 59.9 Å². The average molecular weight is 514 g/mol. The number of rotatable bonds is 6. The van der Waals surface area contributed by atoms with Crippen molar-refractivity contribution in [2.75, 3.05) is 16.3 Å². The normalized spacial score (nSPS) is 21.2. The fourth-order valence-corrected chi connectivity index (χ4v) is 6.57. The second kappa shape index (κ2) is 8.57. The van der Waals surface area contributed by atoms with Gasteiger partial charge in [0.15, 0.2) is 11.6 Å². The molecule has 2 aliphatic rings. The average Bonchev–Trinajstić information content (AvgIpc) is 2.76. The molecule has 186 valence electrons. The summed E-state index contributed by atoms with van der Waals surface area (Å²) >= 11 is 0. The minimum Gasteiger partial charge on any atom is -0.506 e. The van der Waals surface area contributed by atoms with Crippen LogP contribution in [0.3, 0.4) is 0 Å². The maximum absolute atomic E-state index is 14.0. The number of hydrogen-bond donors (Lipinski definition) is 3. The maximum Gasteiger partial charge on any atom is 0.229 e. The van der Waals surface area contributed by atoms with Gasteiger partial charge in [-0.1, -0.05) is 59.2 Å². The summed E-state index contributed by atoms with van der Waals surface area (Å²) in [6.45, 7) is 6.17. The fraction of sp³-hybridized carbons (Fsp3) is 0.308. The molecule has 0 unspecified atom stereocenters. The third-order valence-corrected chi connectivity index (χ3v) is 8.71. The highest BCUT2D eigenvalue weighted by molar-refractivity contribution is 8.27. The lowest BCUT2D eigenvalue weighted by Crippen LogP contribution is -2.42. The lowest BCUT2D eigenvalue weighted by atomic mass is 9.66. The third-order valence-electron chi connectivity index (χ3n) is 6.41. The van der Waals surface area contributed by atoms with Crippen molar-refractivity contribution in [3.63, 3.8) is 0 Å². The zero-order valence-corrected chi connectivity index (χ0v) is 22.0. The van der Waals surface area contributed by atoms with Crippen LogP contribution in [0.15, 0.2) is 57.3 Å². The molecular formula is C26H31N3O4S2. The zero-order chi connectivity index (χ0) is 25.8. The first-order chi connectivity index (χ1) is 16.2. The van der Waals surface area contributed by atoms with Gasteiger partial charge in [-0.15, -0.1) is 0 Å². The molecule has 1 aliphatic heterocycles. The van der Waals surface area contributed by atoms with Gasteiger partial charge in [-0.05, 0) is 49.4 Å². The standard InChI is InChI=1S/C26H31N3O4S2/c1-16(2)13-14-26(3)19-10-8-7-9-18(19)23(30)22(24(26)31)25-27-20-12-11-17(28-35(6,32)33)15-21(20)34(4,5)29-25/h7-12,15-16,28,30H,4-5,13-14H2,1-3,6H3,(H,27,29)/t26-/m1/s1. The van der Waals surface area contributed by atoms with E-state index >= 15 is 0 Å². The number of sulfonamides is 1. The molecule has 9 heteroatoms. The van der Waals surface area contributed by atoms with Crippen LogP contribution in [0.1, 0.15) is 44.7 Å². The topological polar surface area (TPSA) is 108 Å². The first kappa shape index (κ1) is 25.1. The molecule has 35 heavy (non-hydrogen) atoms. The van der Waals surface area contributed by atoms with Crippen molar-refractivity contribution in [2.45, 2.75) is 43.9 Å². The second-order valence-electron chi connectivity index (χ2n) is 9.86. The Morgan fingerprint density at radius 1 is 1.20 bits per heavy atom. The monoisotopic (exact) mass is 513 g/mol. The minimum atomic E-state index is -3.46. The van der Waals surface area contributed by atoms with E-state index in [0.717, 1.165) is 18.2 Å². The number of nitrogens with one attached hydrogen (secondary N) is 2. The molecule has 0 bridgehead atoms. The van der Waals surface area contributed by atoms with Crippen LogP contribution < -0.4 is 10.0 Å². The van der Waals surface area contributed by atoms with Crippen molar-refractivity contribution in [2.24, 2.45) is 10.3 Å². The summed E-state index contributed by atoms with van der Waals surface area (Å²) < 4.78 is 30.5. The summed E-state index contributed by atoms with van der Waals surface area (Å²) in [5.41, 5.74) is 1.72. The van der Waals surface area contributed by atoms with Crippen LogP contribution in [0.4, 0.5) is 11.4 Å². The number of aliphatic hydroxyl groups is 1. The van der Waals surface area contributed by atoms with Crippen molar-refractivity contribution in [3.05, 3.63) is 59.2 Å². The van der Waals surface area contributed by atoms with Crippen molar-refractivity contribution in [3.8, 4) is 0 Å². The number of amidine groups is 1. The Bertz CT molecular complexity index is 1500. The summed E-state index contributed by atoms with van der Waals surface area (Å²) in [7, 11) is -5.77. The number of hydrogen-bond acceptors (Lipinski definition) is 6. The molecule has 4 rings (SSSR count). The Balaban J connectivity index is 1.84. The number of anilines is 2. The lowest BCUT2D eigenvalue weighted by molar-refractivity contribution is -0.120. The summed E-state index contributed by atoms with van der Waals surface area (Å²) in [6, 6.07) is 12.4. The van der Waals surface area contributed by atoms with Crippen LogP contribution >= 0.6 is 9.39 Å². The van der Waals surface area contributed by atoms with Crippen LogP contribution in [0.2, 0.25) is 0 Å². The molecule has 2 aromatic carbocycles. The molecule has 1 atom stereocenters. The predicted octanol–water partition coefficient (Wildman–Crippen LogP) is 5.07. The van der Waals surface area contributed by atoms with Gasteiger partial charge in [-0.3, -0.25) is 9.52 Å². The molecule has 0 spiro atoms. The van der Waals surface area contributed by atoms with E-state index in [0.29, 0.717) is 34.2 Å². The van der Waals surface area contributed by atoms with E-state index in [1.807, 2.05) is 31.2 Å². The van der Waals surface area contributed by atoms with E-state index in [-0.39, 0.29) is 23.0 Å². The predicted molar refractivity (Wildman–Crippen MR) is 148 cm³/mol. The molecule has 0 fully saturated rings. The maximum atomic E-state index is 14.0. The number of carbonyl (C=O) groups is 1.